The van der Waals surface area contributed by atoms with Crippen LogP contribution in [0.25, 0.3) is 0 Å². The number of amides is 2. The molecule has 2 rings (SSSR count). The number of hydrogen-bond acceptors (Lipinski definition) is 4. The summed E-state index contributed by atoms with van der Waals surface area (Å²) in [6.07, 6.45) is 4.66. The molecule has 0 aromatic rings. The third-order valence-electron chi connectivity index (χ3n) is 5.36. The van der Waals surface area contributed by atoms with Crippen LogP contribution in [0.2, 0.25) is 0 Å². The van der Waals surface area contributed by atoms with E-state index in [0.29, 0.717) is 19.1 Å². The molecule has 2 amide bonds. The monoisotopic (exact) mass is 410 g/mol. The molecule has 1 aliphatic carbocycles. The zero-order valence-electron chi connectivity index (χ0n) is 16.3. The van der Waals surface area contributed by atoms with E-state index in [1.54, 1.807) is 0 Å². The number of rotatable bonds is 6. The molecule has 1 heterocycles. The number of carbonyl (C=O) groups is 2. The van der Waals surface area contributed by atoms with Gasteiger partial charge in [0.15, 0.2) is 0 Å². The first-order valence-electron chi connectivity index (χ1n) is 9.44. The SMILES string of the molecule is CNCC(C)C(=O)N1CCN(CC(=O)NC2CCC(C)CC2)CC1.Cl.Cl. The second-order valence-electron chi connectivity index (χ2n) is 7.58. The quantitative estimate of drug-likeness (QED) is 0.696. The van der Waals surface area contributed by atoms with Gasteiger partial charge >= 0.3 is 0 Å². The Morgan fingerprint density at radius 1 is 1.04 bits per heavy atom. The first-order chi connectivity index (χ1) is 11.5. The van der Waals surface area contributed by atoms with E-state index < -0.39 is 0 Å². The van der Waals surface area contributed by atoms with Gasteiger partial charge < -0.3 is 15.5 Å². The van der Waals surface area contributed by atoms with Crippen molar-refractivity contribution in [3.05, 3.63) is 0 Å². The van der Waals surface area contributed by atoms with Gasteiger partial charge in [-0.3, -0.25) is 14.5 Å². The average molecular weight is 411 g/mol. The Bertz CT molecular complexity index is 423. The molecular weight excluding hydrogens is 375 g/mol. The summed E-state index contributed by atoms with van der Waals surface area (Å²) in [6.45, 7) is 8.43. The van der Waals surface area contributed by atoms with Crippen molar-refractivity contribution in [2.24, 2.45) is 11.8 Å². The number of carbonyl (C=O) groups excluding carboxylic acids is 2. The van der Waals surface area contributed by atoms with Crippen LogP contribution < -0.4 is 10.6 Å². The molecule has 26 heavy (non-hydrogen) atoms. The van der Waals surface area contributed by atoms with Crippen LogP contribution >= 0.6 is 24.8 Å². The highest BCUT2D eigenvalue weighted by molar-refractivity contribution is 5.85. The predicted octanol–water partition coefficient (Wildman–Crippen LogP) is 1.52. The van der Waals surface area contributed by atoms with Gasteiger partial charge in [-0.05, 0) is 38.6 Å². The first kappa shape index (κ1) is 25.4. The molecule has 1 saturated heterocycles. The van der Waals surface area contributed by atoms with Gasteiger partial charge in [-0.25, -0.2) is 0 Å². The summed E-state index contributed by atoms with van der Waals surface area (Å²) in [7, 11) is 1.87. The molecule has 2 fully saturated rings. The van der Waals surface area contributed by atoms with Crippen molar-refractivity contribution < 1.29 is 9.59 Å². The molecule has 0 bridgehead atoms. The zero-order valence-corrected chi connectivity index (χ0v) is 18.0. The van der Waals surface area contributed by atoms with Gasteiger partial charge in [-0.2, -0.15) is 0 Å². The molecule has 1 aliphatic heterocycles. The predicted molar refractivity (Wildman–Crippen MR) is 110 cm³/mol. The Morgan fingerprint density at radius 2 is 1.62 bits per heavy atom. The van der Waals surface area contributed by atoms with E-state index >= 15 is 0 Å². The van der Waals surface area contributed by atoms with Gasteiger partial charge in [-0.15, -0.1) is 24.8 Å². The molecule has 154 valence electrons. The first-order valence-corrected chi connectivity index (χ1v) is 9.44. The maximum absolute atomic E-state index is 12.3. The van der Waals surface area contributed by atoms with Crippen molar-refractivity contribution in [1.29, 1.82) is 0 Å². The van der Waals surface area contributed by atoms with Crippen LogP contribution in [-0.2, 0) is 9.59 Å². The van der Waals surface area contributed by atoms with Crippen LogP contribution in [0.5, 0.6) is 0 Å². The number of hydrogen-bond donors (Lipinski definition) is 2. The van der Waals surface area contributed by atoms with Crippen molar-refractivity contribution in [3.8, 4) is 0 Å². The van der Waals surface area contributed by atoms with E-state index in [0.717, 1.165) is 44.9 Å². The number of halogens is 2. The van der Waals surface area contributed by atoms with Crippen LogP contribution in [0.3, 0.4) is 0 Å². The maximum Gasteiger partial charge on any atom is 0.234 e. The molecule has 6 nitrogen and oxygen atoms in total. The van der Waals surface area contributed by atoms with Crippen LogP contribution in [0.1, 0.15) is 39.5 Å². The standard InChI is InChI=1S/C18H34N4O2.2ClH/c1-14-4-6-16(7-5-14)20-17(23)13-21-8-10-22(11-9-21)18(24)15(2)12-19-3;;/h14-16,19H,4-13H2,1-3H3,(H,20,23);2*1H. The molecule has 8 heteroatoms. The van der Waals surface area contributed by atoms with Crippen LogP contribution in [0.15, 0.2) is 0 Å². The average Bonchev–Trinajstić information content (AvgIpc) is 2.57. The lowest BCUT2D eigenvalue weighted by Gasteiger charge is -2.36. The Balaban J connectivity index is 0.00000312. The molecule has 0 radical (unpaired) electrons. The van der Waals surface area contributed by atoms with Crippen molar-refractivity contribution in [2.45, 2.75) is 45.6 Å². The minimum Gasteiger partial charge on any atom is -0.352 e. The molecule has 1 atom stereocenters. The maximum atomic E-state index is 12.3. The Labute approximate surface area is 170 Å². The lowest BCUT2D eigenvalue weighted by atomic mass is 9.87. The van der Waals surface area contributed by atoms with E-state index in [1.807, 2.05) is 18.9 Å². The Morgan fingerprint density at radius 3 is 2.15 bits per heavy atom. The fourth-order valence-corrected chi connectivity index (χ4v) is 3.71. The Kier molecular flexibility index (Phi) is 12.5. The van der Waals surface area contributed by atoms with Crippen molar-refractivity contribution in [2.75, 3.05) is 46.3 Å². The van der Waals surface area contributed by atoms with Crippen molar-refractivity contribution in [3.63, 3.8) is 0 Å². The van der Waals surface area contributed by atoms with Crippen LogP contribution in [0.4, 0.5) is 0 Å². The van der Waals surface area contributed by atoms with Gasteiger partial charge in [0.2, 0.25) is 11.8 Å². The molecular formula is C18H36Cl2N4O2. The molecule has 2 aliphatic rings. The molecule has 2 N–H and O–H groups in total. The normalized spacial score (nSPS) is 24.8. The largest absolute Gasteiger partial charge is 0.352 e. The molecule has 1 unspecified atom stereocenters. The summed E-state index contributed by atoms with van der Waals surface area (Å²) in [5, 5.41) is 6.24. The second-order valence-corrected chi connectivity index (χ2v) is 7.58. The smallest absolute Gasteiger partial charge is 0.234 e. The highest BCUT2D eigenvalue weighted by Crippen LogP contribution is 2.23. The lowest BCUT2D eigenvalue weighted by Crippen LogP contribution is -2.53. The second kappa shape index (κ2) is 12.8. The summed E-state index contributed by atoms with van der Waals surface area (Å²) >= 11 is 0. The van der Waals surface area contributed by atoms with Gasteiger partial charge in [-0.1, -0.05) is 13.8 Å². The minimum atomic E-state index is 0. The van der Waals surface area contributed by atoms with Gasteiger partial charge in [0.1, 0.15) is 0 Å². The number of nitrogens with zero attached hydrogens (tertiary/aromatic N) is 2. The van der Waals surface area contributed by atoms with Crippen LogP contribution in [-0.4, -0.2) is 74.0 Å². The van der Waals surface area contributed by atoms with Crippen LogP contribution in [0, 0.1) is 11.8 Å². The number of piperazine rings is 1. The van der Waals surface area contributed by atoms with E-state index in [1.165, 1.54) is 12.8 Å². The zero-order chi connectivity index (χ0) is 17.5. The summed E-state index contributed by atoms with van der Waals surface area (Å²) < 4.78 is 0. The van der Waals surface area contributed by atoms with E-state index in [4.69, 9.17) is 0 Å². The minimum absolute atomic E-state index is 0. The highest BCUT2D eigenvalue weighted by Gasteiger charge is 2.26. The van der Waals surface area contributed by atoms with Crippen molar-refractivity contribution in [1.82, 2.24) is 20.4 Å². The Hall–Kier alpha value is -0.560. The molecule has 0 spiro atoms. The van der Waals surface area contributed by atoms with E-state index in [-0.39, 0.29) is 42.5 Å². The lowest BCUT2D eigenvalue weighted by molar-refractivity contribution is -0.136. The van der Waals surface area contributed by atoms with Crippen molar-refractivity contribution >= 4 is 36.6 Å². The topological polar surface area (TPSA) is 64.7 Å². The van der Waals surface area contributed by atoms with Gasteiger partial charge in [0.25, 0.3) is 0 Å². The fourth-order valence-electron chi connectivity index (χ4n) is 3.71. The van der Waals surface area contributed by atoms with Gasteiger partial charge in [0, 0.05) is 44.7 Å². The number of nitrogens with one attached hydrogen (secondary N) is 2. The fraction of sp³-hybridized carbons (Fsp3) is 0.889. The highest BCUT2D eigenvalue weighted by atomic mass is 35.5. The third-order valence-corrected chi connectivity index (χ3v) is 5.36. The summed E-state index contributed by atoms with van der Waals surface area (Å²) in [6, 6.07) is 0.360. The summed E-state index contributed by atoms with van der Waals surface area (Å²) in [4.78, 5) is 28.6. The molecule has 0 aromatic carbocycles. The van der Waals surface area contributed by atoms with E-state index in [9.17, 15) is 9.59 Å². The summed E-state index contributed by atoms with van der Waals surface area (Å²) in [5.74, 6) is 1.16. The third kappa shape index (κ3) is 7.99. The molecule has 1 saturated carbocycles. The molecule has 0 aromatic heterocycles. The van der Waals surface area contributed by atoms with Gasteiger partial charge in [0.05, 0.1) is 6.54 Å². The van der Waals surface area contributed by atoms with E-state index in [2.05, 4.69) is 22.5 Å². The summed E-state index contributed by atoms with van der Waals surface area (Å²) in [5.41, 5.74) is 0.